The summed E-state index contributed by atoms with van der Waals surface area (Å²) < 4.78 is 6.99. The van der Waals surface area contributed by atoms with Crippen LogP contribution in [0.3, 0.4) is 0 Å². The largest absolute Gasteiger partial charge is 0.479 e. The molecule has 3 rings (SSSR count). The first-order chi connectivity index (χ1) is 11.9. The number of carbonyl (C=O) groups excluding carboxylic acids is 1. The monoisotopic (exact) mass is 346 g/mol. The molecule has 2 aromatic heterocycles. The highest BCUT2D eigenvalue weighted by atomic mass is 16.5. The molecule has 1 amide bonds. The van der Waals surface area contributed by atoms with E-state index in [9.17, 15) is 14.7 Å². The van der Waals surface area contributed by atoms with E-state index < -0.39 is 17.4 Å². The summed E-state index contributed by atoms with van der Waals surface area (Å²) in [5.74, 6) is -1.54. The molecule has 1 aliphatic rings. The van der Waals surface area contributed by atoms with E-state index in [4.69, 9.17) is 4.74 Å². The Kier molecular flexibility index (Phi) is 4.47. The highest BCUT2D eigenvalue weighted by Gasteiger charge is 2.44. The number of aryl methyl sites for hydroxylation is 1. The number of ether oxygens (including phenoxy) is 1. The zero-order valence-corrected chi connectivity index (χ0v) is 14.6. The van der Waals surface area contributed by atoms with Crippen molar-refractivity contribution in [1.29, 1.82) is 0 Å². The summed E-state index contributed by atoms with van der Waals surface area (Å²) >= 11 is 0. The van der Waals surface area contributed by atoms with Crippen LogP contribution >= 0.6 is 0 Å². The lowest BCUT2D eigenvalue weighted by Crippen LogP contribution is -2.55. The van der Waals surface area contributed by atoms with E-state index in [1.54, 1.807) is 23.9 Å². The van der Waals surface area contributed by atoms with Crippen LogP contribution in [0.15, 0.2) is 12.3 Å². The van der Waals surface area contributed by atoms with Crippen LogP contribution in [0.25, 0.3) is 11.0 Å². The van der Waals surface area contributed by atoms with E-state index in [1.807, 2.05) is 6.92 Å². The molecule has 8 heteroatoms. The first kappa shape index (κ1) is 17.3. The van der Waals surface area contributed by atoms with Gasteiger partial charge in [-0.15, -0.1) is 0 Å². The topological polar surface area (TPSA) is 106 Å². The summed E-state index contributed by atoms with van der Waals surface area (Å²) in [4.78, 5) is 29.0. The second kappa shape index (κ2) is 6.44. The highest BCUT2D eigenvalue weighted by molar-refractivity contribution is 6.07. The van der Waals surface area contributed by atoms with Gasteiger partial charge in [0.15, 0.2) is 11.2 Å². The van der Waals surface area contributed by atoms with Crippen LogP contribution < -0.4 is 5.32 Å². The van der Waals surface area contributed by atoms with Gasteiger partial charge in [0.05, 0.1) is 29.8 Å². The minimum atomic E-state index is -1.38. The predicted octanol–water partition coefficient (Wildman–Crippen LogP) is 1.68. The normalized spacial score (nSPS) is 21.4. The molecular weight excluding hydrogens is 324 g/mol. The van der Waals surface area contributed by atoms with Crippen molar-refractivity contribution in [3.05, 3.63) is 23.5 Å². The van der Waals surface area contributed by atoms with E-state index in [1.165, 1.54) is 0 Å². The maximum absolute atomic E-state index is 12.8. The summed E-state index contributed by atoms with van der Waals surface area (Å²) in [6, 6.07) is 1.81. The van der Waals surface area contributed by atoms with Gasteiger partial charge in [0.25, 0.3) is 5.91 Å². The Morgan fingerprint density at radius 2 is 2.28 bits per heavy atom. The average molecular weight is 346 g/mol. The lowest BCUT2D eigenvalue weighted by Gasteiger charge is -2.24. The van der Waals surface area contributed by atoms with Crippen molar-refractivity contribution >= 4 is 22.9 Å². The molecule has 2 atom stereocenters. The van der Waals surface area contributed by atoms with Crippen molar-refractivity contribution in [2.24, 2.45) is 0 Å². The fraction of sp³-hybridized carbons (Fsp3) is 0.529. The third-order valence-corrected chi connectivity index (χ3v) is 4.73. The van der Waals surface area contributed by atoms with Crippen LogP contribution in [-0.2, 0) is 9.53 Å². The fourth-order valence-corrected chi connectivity index (χ4v) is 3.00. The van der Waals surface area contributed by atoms with Crippen LogP contribution in [0.5, 0.6) is 0 Å². The Morgan fingerprint density at radius 1 is 1.52 bits per heavy atom. The lowest BCUT2D eigenvalue weighted by atomic mass is 9.98. The van der Waals surface area contributed by atoms with Crippen LogP contribution in [0.2, 0.25) is 0 Å². The summed E-state index contributed by atoms with van der Waals surface area (Å²) in [6.45, 7) is 6.16. The van der Waals surface area contributed by atoms with E-state index in [2.05, 4.69) is 22.3 Å². The zero-order valence-electron chi connectivity index (χ0n) is 14.6. The number of aliphatic carboxylic acids is 1. The number of hydrogen-bond acceptors (Lipinski definition) is 5. The second-order valence-electron chi connectivity index (χ2n) is 6.54. The quantitative estimate of drug-likeness (QED) is 0.853. The van der Waals surface area contributed by atoms with Crippen molar-refractivity contribution in [1.82, 2.24) is 20.1 Å². The predicted molar refractivity (Wildman–Crippen MR) is 90.5 cm³/mol. The van der Waals surface area contributed by atoms with Crippen LogP contribution in [0.4, 0.5) is 0 Å². The molecule has 0 saturated carbocycles. The molecule has 0 spiro atoms. The smallest absolute Gasteiger partial charge is 0.331 e. The highest BCUT2D eigenvalue weighted by Crippen LogP contribution is 2.24. The minimum Gasteiger partial charge on any atom is -0.479 e. The summed E-state index contributed by atoms with van der Waals surface area (Å²) in [6.07, 6.45) is 2.74. The van der Waals surface area contributed by atoms with Gasteiger partial charge in [-0.2, -0.15) is 5.10 Å². The number of carboxylic acids is 1. The van der Waals surface area contributed by atoms with Gasteiger partial charge in [-0.1, -0.05) is 6.92 Å². The van der Waals surface area contributed by atoms with Gasteiger partial charge >= 0.3 is 5.97 Å². The third kappa shape index (κ3) is 2.97. The Morgan fingerprint density at radius 3 is 2.88 bits per heavy atom. The molecule has 2 N–H and O–H groups in total. The molecule has 8 nitrogen and oxygen atoms in total. The van der Waals surface area contributed by atoms with E-state index >= 15 is 0 Å². The molecule has 2 unspecified atom stereocenters. The Balaban J connectivity index is 2.02. The number of aromatic nitrogens is 3. The fourth-order valence-electron chi connectivity index (χ4n) is 3.00. The van der Waals surface area contributed by atoms with Crippen molar-refractivity contribution in [3.63, 3.8) is 0 Å². The van der Waals surface area contributed by atoms with Gasteiger partial charge in [0, 0.05) is 18.7 Å². The number of nitrogens with one attached hydrogen (secondary N) is 1. The Bertz CT molecular complexity index is 823. The Hall–Kier alpha value is -2.48. The van der Waals surface area contributed by atoms with Crippen molar-refractivity contribution in [2.75, 3.05) is 13.2 Å². The standard InChI is InChI=1S/C17H22N4O4/c1-4-11(3)21-14-13(8-18-21)12(7-10(2)19-14)15(22)20-17(16(23)24)5-6-25-9-17/h7-8,11H,4-6,9H2,1-3H3,(H,20,22)(H,23,24). The molecule has 1 aliphatic heterocycles. The molecule has 0 bridgehead atoms. The number of amides is 1. The van der Waals surface area contributed by atoms with Gasteiger partial charge in [0.2, 0.25) is 0 Å². The van der Waals surface area contributed by atoms with Crippen molar-refractivity contribution in [2.45, 2.75) is 45.2 Å². The van der Waals surface area contributed by atoms with Gasteiger partial charge in [-0.3, -0.25) is 4.79 Å². The molecule has 2 aromatic rings. The van der Waals surface area contributed by atoms with Crippen LogP contribution in [0.1, 0.15) is 48.8 Å². The molecular formula is C17H22N4O4. The van der Waals surface area contributed by atoms with Gasteiger partial charge in [-0.25, -0.2) is 14.5 Å². The molecule has 134 valence electrons. The molecule has 1 fully saturated rings. The third-order valence-electron chi connectivity index (χ3n) is 4.73. The molecule has 1 saturated heterocycles. The van der Waals surface area contributed by atoms with E-state index in [-0.39, 0.29) is 19.1 Å². The minimum absolute atomic E-state index is 0.0343. The molecule has 0 aliphatic carbocycles. The number of carboxylic acid groups (broad SMARTS) is 1. The number of carbonyl (C=O) groups is 2. The Labute approximate surface area is 145 Å². The van der Waals surface area contributed by atoms with E-state index in [0.29, 0.717) is 28.9 Å². The summed E-state index contributed by atoms with van der Waals surface area (Å²) in [7, 11) is 0. The average Bonchev–Trinajstić information content (AvgIpc) is 3.21. The maximum Gasteiger partial charge on any atom is 0.331 e. The molecule has 3 heterocycles. The van der Waals surface area contributed by atoms with E-state index in [0.717, 1.165) is 6.42 Å². The van der Waals surface area contributed by atoms with Gasteiger partial charge in [-0.05, 0) is 26.3 Å². The first-order valence-corrected chi connectivity index (χ1v) is 8.36. The SMILES string of the molecule is CCC(C)n1ncc2c(C(=O)NC3(C(=O)O)CCOC3)cc(C)nc21. The number of pyridine rings is 1. The molecule has 0 radical (unpaired) electrons. The zero-order chi connectivity index (χ0) is 18.2. The number of rotatable bonds is 5. The molecule has 0 aromatic carbocycles. The van der Waals surface area contributed by atoms with Crippen molar-refractivity contribution < 1.29 is 19.4 Å². The summed E-state index contributed by atoms with van der Waals surface area (Å²) in [5.41, 5.74) is 0.304. The lowest BCUT2D eigenvalue weighted by molar-refractivity contribution is -0.144. The van der Waals surface area contributed by atoms with Crippen LogP contribution in [0, 0.1) is 6.92 Å². The number of hydrogen-bond donors (Lipinski definition) is 2. The number of nitrogens with zero attached hydrogens (tertiary/aromatic N) is 3. The van der Waals surface area contributed by atoms with Crippen molar-refractivity contribution in [3.8, 4) is 0 Å². The maximum atomic E-state index is 12.8. The summed E-state index contributed by atoms with van der Waals surface area (Å²) in [5, 5.41) is 17.1. The van der Waals surface area contributed by atoms with Gasteiger partial charge < -0.3 is 15.2 Å². The molecule has 25 heavy (non-hydrogen) atoms. The number of fused-ring (bicyclic) bond motifs is 1. The van der Waals surface area contributed by atoms with Crippen LogP contribution in [-0.4, -0.2) is 50.5 Å². The second-order valence-corrected chi connectivity index (χ2v) is 6.54. The van der Waals surface area contributed by atoms with Gasteiger partial charge in [0.1, 0.15) is 0 Å². The first-order valence-electron chi connectivity index (χ1n) is 8.36.